The van der Waals surface area contributed by atoms with Gasteiger partial charge < -0.3 is 14.4 Å². The van der Waals surface area contributed by atoms with Crippen LogP contribution in [0.2, 0.25) is 0 Å². The highest BCUT2D eigenvalue weighted by Gasteiger charge is 2.25. The Labute approximate surface area is 172 Å². The summed E-state index contributed by atoms with van der Waals surface area (Å²) in [5.41, 5.74) is 2.49. The Balaban J connectivity index is 1.38. The van der Waals surface area contributed by atoms with E-state index in [2.05, 4.69) is 10.1 Å². The molecule has 2 aromatic rings. The Morgan fingerprint density at radius 1 is 1.17 bits per heavy atom. The van der Waals surface area contributed by atoms with Crippen LogP contribution in [-0.4, -0.2) is 45.5 Å². The van der Waals surface area contributed by atoms with Crippen LogP contribution < -0.4 is 4.74 Å². The quantitative estimate of drug-likeness (QED) is 0.700. The lowest BCUT2D eigenvalue weighted by Gasteiger charge is -2.22. The molecule has 0 aliphatic heterocycles. The summed E-state index contributed by atoms with van der Waals surface area (Å²) in [5.74, 6) is 1.44. The van der Waals surface area contributed by atoms with E-state index >= 15 is 0 Å². The van der Waals surface area contributed by atoms with E-state index in [4.69, 9.17) is 9.47 Å². The van der Waals surface area contributed by atoms with Crippen LogP contribution in [0.1, 0.15) is 50.6 Å². The second-order valence-electron chi connectivity index (χ2n) is 8.26. The molecule has 7 heteroatoms. The van der Waals surface area contributed by atoms with E-state index in [-0.39, 0.29) is 12.7 Å². The van der Waals surface area contributed by atoms with E-state index in [0.717, 1.165) is 42.1 Å². The highest BCUT2D eigenvalue weighted by atomic mass is 16.6. The Kier molecular flexibility index (Phi) is 6.02. The molecule has 2 fully saturated rings. The van der Waals surface area contributed by atoms with Crippen LogP contribution in [0.5, 0.6) is 5.75 Å². The molecule has 0 bridgehead atoms. The van der Waals surface area contributed by atoms with Crippen molar-refractivity contribution in [1.82, 2.24) is 19.7 Å². The highest BCUT2D eigenvalue weighted by Crippen LogP contribution is 2.30. The molecule has 1 amide bonds. The lowest BCUT2D eigenvalue weighted by Crippen LogP contribution is -2.29. The van der Waals surface area contributed by atoms with Gasteiger partial charge in [-0.05, 0) is 56.6 Å². The molecule has 2 aromatic heterocycles. The largest absolute Gasteiger partial charge is 0.489 e. The SMILES string of the molecule is CN(CC1CC1)C(=O)OCc1c(-c2ccc(OC3CCCCC3)cn2)cnn1C. The molecule has 156 valence electrons. The number of nitrogens with zero attached hydrogens (tertiary/aromatic N) is 4. The molecule has 0 aromatic carbocycles. The van der Waals surface area contributed by atoms with Crippen molar-refractivity contribution < 1.29 is 14.3 Å². The zero-order valence-electron chi connectivity index (χ0n) is 17.3. The summed E-state index contributed by atoms with van der Waals surface area (Å²) in [6.07, 6.45) is 12.0. The monoisotopic (exact) mass is 398 g/mol. The van der Waals surface area contributed by atoms with Crippen LogP contribution in [0.3, 0.4) is 0 Å². The first-order chi connectivity index (χ1) is 14.1. The minimum atomic E-state index is -0.298. The topological polar surface area (TPSA) is 69.5 Å². The van der Waals surface area contributed by atoms with E-state index in [1.165, 1.54) is 32.1 Å². The van der Waals surface area contributed by atoms with Gasteiger partial charge in [-0.15, -0.1) is 0 Å². The lowest BCUT2D eigenvalue weighted by atomic mass is 9.98. The molecule has 0 saturated heterocycles. The number of carbonyl (C=O) groups excluding carboxylic acids is 1. The second kappa shape index (κ2) is 8.84. The summed E-state index contributed by atoms with van der Waals surface area (Å²) in [6, 6.07) is 3.91. The van der Waals surface area contributed by atoms with Gasteiger partial charge in [0.2, 0.25) is 0 Å². The standard InChI is InChI=1S/C22H30N4O3/c1-25(14-16-8-9-16)22(27)28-15-21-19(13-24-26(21)2)20-11-10-18(12-23-20)29-17-6-4-3-5-7-17/h10-13,16-17H,3-9,14-15H2,1-2H3. The fourth-order valence-corrected chi connectivity index (χ4v) is 3.84. The normalized spacial score (nSPS) is 17.2. The lowest BCUT2D eigenvalue weighted by molar-refractivity contribution is 0.101. The van der Waals surface area contributed by atoms with Crippen molar-refractivity contribution in [3.05, 3.63) is 30.2 Å². The molecule has 2 heterocycles. The summed E-state index contributed by atoms with van der Waals surface area (Å²) in [6.45, 7) is 0.933. The number of pyridine rings is 1. The van der Waals surface area contributed by atoms with Crippen molar-refractivity contribution in [1.29, 1.82) is 0 Å². The summed E-state index contributed by atoms with van der Waals surface area (Å²) < 4.78 is 13.3. The number of aromatic nitrogens is 3. The van der Waals surface area contributed by atoms with Gasteiger partial charge in [0.1, 0.15) is 12.4 Å². The van der Waals surface area contributed by atoms with Crippen LogP contribution in [0, 0.1) is 5.92 Å². The number of ether oxygens (including phenoxy) is 2. The van der Waals surface area contributed by atoms with Crippen molar-refractivity contribution in [3.8, 4) is 17.0 Å². The average molecular weight is 399 g/mol. The third-order valence-electron chi connectivity index (χ3n) is 5.80. The molecule has 29 heavy (non-hydrogen) atoms. The smallest absolute Gasteiger partial charge is 0.409 e. The third kappa shape index (κ3) is 5.08. The van der Waals surface area contributed by atoms with Gasteiger partial charge in [-0.25, -0.2) is 4.79 Å². The number of rotatable bonds is 7. The summed E-state index contributed by atoms with van der Waals surface area (Å²) in [5, 5.41) is 4.33. The van der Waals surface area contributed by atoms with Crippen LogP contribution in [0.25, 0.3) is 11.3 Å². The first kappa shape index (κ1) is 19.7. The maximum absolute atomic E-state index is 12.2. The van der Waals surface area contributed by atoms with E-state index in [1.54, 1.807) is 29.0 Å². The number of hydrogen-bond donors (Lipinski definition) is 0. The number of aryl methyl sites for hydroxylation is 1. The Bertz CT molecular complexity index is 823. The summed E-state index contributed by atoms with van der Waals surface area (Å²) >= 11 is 0. The van der Waals surface area contributed by atoms with Crippen LogP contribution in [0.4, 0.5) is 4.79 Å². The number of amides is 1. The predicted molar refractivity (Wildman–Crippen MR) is 109 cm³/mol. The highest BCUT2D eigenvalue weighted by molar-refractivity contribution is 5.68. The van der Waals surface area contributed by atoms with Crippen molar-refractivity contribution in [3.63, 3.8) is 0 Å². The van der Waals surface area contributed by atoms with Gasteiger partial charge in [-0.1, -0.05) is 6.42 Å². The molecule has 0 atom stereocenters. The molecule has 2 saturated carbocycles. The van der Waals surface area contributed by atoms with E-state index in [9.17, 15) is 4.79 Å². The molecule has 0 spiro atoms. The van der Waals surface area contributed by atoms with E-state index in [1.807, 2.05) is 19.2 Å². The van der Waals surface area contributed by atoms with Gasteiger partial charge in [0, 0.05) is 26.2 Å². The second-order valence-corrected chi connectivity index (χ2v) is 8.26. The van der Waals surface area contributed by atoms with Crippen LogP contribution in [-0.2, 0) is 18.4 Å². The van der Waals surface area contributed by atoms with E-state index in [0.29, 0.717) is 12.0 Å². The molecule has 2 aliphatic carbocycles. The molecule has 0 unspecified atom stereocenters. The van der Waals surface area contributed by atoms with Crippen molar-refractivity contribution in [2.24, 2.45) is 13.0 Å². The summed E-state index contributed by atoms with van der Waals surface area (Å²) in [7, 11) is 3.64. The zero-order chi connectivity index (χ0) is 20.2. The van der Waals surface area contributed by atoms with Gasteiger partial charge in [0.15, 0.2) is 0 Å². The molecule has 7 nitrogen and oxygen atoms in total. The molecular weight excluding hydrogens is 368 g/mol. The van der Waals surface area contributed by atoms with Gasteiger partial charge in [-0.2, -0.15) is 5.10 Å². The predicted octanol–water partition coefficient (Wildman–Crippen LogP) is 4.17. The summed E-state index contributed by atoms with van der Waals surface area (Å²) in [4.78, 5) is 18.5. The average Bonchev–Trinajstić information content (AvgIpc) is 3.48. The number of carbonyl (C=O) groups is 1. The molecular formula is C22H30N4O3. The maximum atomic E-state index is 12.2. The van der Waals surface area contributed by atoms with Gasteiger partial charge in [-0.3, -0.25) is 9.67 Å². The van der Waals surface area contributed by atoms with Crippen LogP contribution in [0.15, 0.2) is 24.5 Å². The fraction of sp³-hybridized carbons (Fsp3) is 0.591. The first-order valence-electron chi connectivity index (χ1n) is 10.6. The van der Waals surface area contributed by atoms with Crippen LogP contribution >= 0.6 is 0 Å². The Morgan fingerprint density at radius 2 is 1.97 bits per heavy atom. The Morgan fingerprint density at radius 3 is 2.66 bits per heavy atom. The van der Waals surface area contributed by atoms with Gasteiger partial charge >= 0.3 is 6.09 Å². The minimum Gasteiger partial charge on any atom is -0.489 e. The van der Waals surface area contributed by atoms with E-state index < -0.39 is 0 Å². The van der Waals surface area contributed by atoms with Gasteiger partial charge in [0.05, 0.1) is 29.9 Å². The Hall–Kier alpha value is -2.57. The van der Waals surface area contributed by atoms with Crippen molar-refractivity contribution in [2.45, 2.75) is 57.7 Å². The zero-order valence-corrected chi connectivity index (χ0v) is 17.3. The third-order valence-corrected chi connectivity index (χ3v) is 5.80. The number of hydrogen-bond acceptors (Lipinski definition) is 5. The molecule has 2 aliphatic rings. The van der Waals surface area contributed by atoms with Crippen molar-refractivity contribution in [2.75, 3.05) is 13.6 Å². The molecule has 0 N–H and O–H groups in total. The molecule has 0 radical (unpaired) electrons. The minimum absolute atomic E-state index is 0.168. The van der Waals surface area contributed by atoms with Crippen molar-refractivity contribution >= 4 is 6.09 Å². The fourth-order valence-electron chi connectivity index (χ4n) is 3.84. The maximum Gasteiger partial charge on any atom is 0.409 e. The van der Waals surface area contributed by atoms with Gasteiger partial charge in [0.25, 0.3) is 0 Å². The first-order valence-corrected chi connectivity index (χ1v) is 10.6. The molecule has 4 rings (SSSR count).